The summed E-state index contributed by atoms with van der Waals surface area (Å²) in [6, 6.07) is 0. The number of carbonyl (C=O) groups excluding carboxylic acids is 2. The fraction of sp³-hybridized carbons (Fsp3) is 0.449. The van der Waals surface area contributed by atoms with Crippen molar-refractivity contribution in [1.82, 2.24) is 0 Å². The molecule has 0 radical (unpaired) electrons. The molecule has 0 aromatic carbocycles. The molecule has 1 N–H and O–H groups in total. The lowest BCUT2D eigenvalue weighted by molar-refractivity contribution is -0.161. The van der Waals surface area contributed by atoms with Crippen molar-refractivity contribution in [3.8, 4) is 0 Å². The first kappa shape index (κ1) is 68.2. The van der Waals surface area contributed by atoms with Crippen LogP contribution in [0.15, 0.2) is 219 Å². The maximum Gasteiger partial charge on any atom is 0.306 e. The van der Waals surface area contributed by atoms with E-state index in [1.54, 1.807) is 0 Å². The highest BCUT2D eigenvalue weighted by molar-refractivity contribution is 5.70. The van der Waals surface area contributed by atoms with Gasteiger partial charge in [0, 0.05) is 12.8 Å². The Morgan fingerprint density at radius 3 is 0.824 bits per heavy atom. The van der Waals surface area contributed by atoms with Gasteiger partial charge in [-0.1, -0.05) is 239 Å². The zero-order valence-corrected chi connectivity index (χ0v) is 46.2. The molecule has 0 aliphatic rings. The number of hydrogen-bond acceptors (Lipinski definition) is 5. The standard InChI is InChI=1S/C69H100O5/c1-3-5-7-9-11-13-15-17-19-21-23-25-27-29-31-33-34-36-38-40-42-44-46-48-50-52-54-56-58-60-62-64-69(72)74-67(65-70)66-73-68(71)63-61-59-57-55-53-51-49-47-45-43-41-39-37-35-32-30-28-26-24-22-20-18-16-14-12-10-8-6-4-2/h5-8,11-14,17-20,23-26,29-32,34,36-37,39-40,42-43,45-46,48-49,51-52,54-55,57,67,70H,3-4,9-10,15-16,21-22,27-28,33,35,38,41,44,47,50,53,56,58-66H2,1-2H3/b7-5-,8-6-,13-11-,14-12-,19-17-,20-18-,25-23-,26-24-,31-29-,32-30-,36-34-,39-37-,42-40-,45-43-,48-46-,51-49-,54-52-,57-55-. The van der Waals surface area contributed by atoms with Gasteiger partial charge in [-0.3, -0.25) is 9.59 Å². The molecule has 0 aliphatic carbocycles. The fourth-order valence-corrected chi connectivity index (χ4v) is 6.60. The molecule has 0 aromatic rings. The van der Waals surface area contributed by atoms with Gasteiger partial charge in [-0.25, -0.2) is 0 Å². The fourth-order valence-electron chi connectivity index (χ4n) is 6.60. The van der Waals surface area contributed by atoms with Crippen LogP contribution < -0.4 is 0 Å². The zero-order chi connectivity index (χ0) is 53.4. The van der Waals surface area contributed by atoms with Gasteiger partial charge in [0.1, 0.15) is 6.61 Å². The Morgan fingerprint density at radius 1 is 0.311 bits per heavy atom. The van der Waals surface area contributed by atoms with Crippen LogP contribution in [0.5, 0.6) is 0 Å². The van der Waals surface area contributed by atoms with Crippen LogP contribution >= 0.6 is 0 Å². The van der Waals surface area contributed by atoms with Crippen LogP contribution in [0.2, 0.25) is 0 Å². The highest BCUT2D eigenvalue weighted by atomic mass is 16.6. The normalized spacial score (nSPS) is 13.9. The molecule has 0 saturated heterocycles. The molecule has 0 fully saturated rings. The second-order valence-electron chi connectivity index (χ2n) is 17.5. The number of allylic oxidation sites excluding steroid dienone is 36. The van der Waals surface area contributed by atoms with E-state index in [-0.39, 0.29) is 38.0 Å². The number of rotatable bonds is 48. The van der Waals surface area contributed by atoms with Gasteiger partial charge in [-0.05, 0) is 148 Å². The van der Waals surface area contributed by atoms with Gasteiger partial charge in [-0.15, -0.1) is 0 Å². The van der Waals surface area contributed by atoms with Gasteiger partial charge in [-0.2, -0.15) is 0 Å². The average molecular weight is 1010 g/mol. The first-order valence-electron chi connectivity index (χ1n) is 28.3. The predicted octanol–water partition coefficient (Wildman–Crippen LogP) is 19.6. The lowest BCUT2D eigenvalue weighted by atomic mass is 10.1. The summed E-state index contributed by atoms with van der Waals surface area (Å²) in [6.45, 7) is 3.81. The molecule has 0 amide bonds. The Hall–Kier alpha value is -5.78. The molecule has 74 heavy (non-hydrogen) atoms. The molecule has 406 valence electrons. The predicted molar refractivity (Wildman–Crippen MR) is 324 cm³/mol. The van der Waals surface area contributed by atoms with E-state index in [1.807, 2.05) is 0 Å². The Balaban J connectivity index is 3.79. The Morgan fingerprint density at radius 2 is 0.554 bits per heavy atom. The van der Waals surface area contributed by atoms with Crippen LogP contribution in [0.3, 0.4) is 0 Å². The SMILES string of the molecule is CC/C=C\C/C=C\C/C=C\C/C=C\C/C=C\C/C=C\C/C=C\C/C=C\C/C=C\CCCCCC(=O)OC(CO)COC(=O)CCC/C=C\C/C=C\C/C=C\C/C=C\C/C=C\C/C=C\C/C=C\C/C=C\C/C=C\CC. The number of esters is 2. The first-order chi connectivity index (χ1) is 36.6. The Bertz CT molecular complexity index is 1860. The molecule has 0 rings (SSSR count). The van der Waals surface area contributed by atoms with Gasteiger partial charge in [0.25, 0.3) is 0 Å². The monoisotopic (exact) mass is 1010 g/mol. The largest absolute Gasteiger partial charge is 0.462 e. The summed E-state index contributed by atoms with van der Waals surface area (Å²) in [6.07, 6.45) is 102. The van der Waals surface area contributed by atoms with E-state index >= 15 is 0 Å². The second kappa shape index (κ2) is 61.5. The van der Waals surface area contributed by atoms with E-state index in [0.29, 0.717) is 6.42 Å². The van der Waals surface area contributed by atoms with Crippen molar-refractivity contribution in [2.75, 3.05) is 13.2 Å². The van der Waals surface area contributed by atoms with E-state index in [0.717, 1.165) is 148 Å². The van der Waals surface area contributed by atoms with Crippen LogP contribution in [0.1, 0.15) is 181 Å². The highest BCUT2D eigenvalue weighted by Gasteiger charge is 2.16. The summed E-state index contributed by atoms with van der Waals surface area (Å²) < 4.78 is 10.6. The minimum absolute atomic E-state index is 0.128. The smallest absolute Gasteiger partial charge is 0.306 e. The van der Waals surface area contributed by atoms with E-state index in [2.05, 4.69) is 233 Å². The number of hydrogen-bond donors (Lipinski definition) is 1. The lowest BCUT2D eigenvalue weighted by Crippen LogP contribution is -2.28. The molecule has 1 unspecified atom stereocenters. The van der Waals surface area contributed by atoms with E-state index < -0.39 is 6.10 Å². The van der Waals surface area contributed by atoms with Crippen molar-refractivity contribution in [2.45, 2.75) is 187 Å². The summed E-state index contributed by atoms with van der Waals surface area (Å²) in [4.78, 5) is 24.5. The van der Waals surface area contributed by atoms with Crippen LogP contribution in [0.25, 0.3) is 0 Å². The number of aliphatic hydroxyl groups is 1. The summed E-state index contributed by atoms with van der Waals surface area (Å²) >= 11 is 0. The lowest BCUT2D eigenvalue weighted by Gasteiger charge is -2.15. The van der Waals surface area contributed by atoms with Gasteiger partial charge in [0.2, 0.25) is 0 Å². The molecule has 0 aromatic heterocycles. The number of ether oxygens (including phenoxy) is 2. The zero-order valence-electron chi connectivity index (χ0n) is 46.2. The van der Waals surface area contributed by atoms with Gasteiger partial charge in [0.15, 0.2) is 6.10 Å². The molecule has 0 heterocycles. The Labute approximate surface area is 452 Å². The first-order valence-corrected chi connectivity index (χ1v) is 28.3. The van der Waals surface area contributed by atoms with E-state index in [9.17, 15) is 14.7 Å². The number of carbonyl (C=O) groups is 2. The van der Waals surface area contributed by atoms with E-state index in [4.69, 9.17) is 9.47 Å². The molecule has 5 nitrogen and oxygen atoms in total. The highest BCUT2D eigenvalue weighted by Crippen LogP contribution is 2.09. The maximum absolute atomic E-state index is 12.3. The van der Waals surface area contributed by atoms with Crippen molar-refractivity contribution in [3.05, 3.63) is 219 Å². The van der Waals surface area contributed by atoms with Gasteiger partial charge >= 0.3 is 11.9 Å². The van der Waals surface area contributed by atoms with Crippen molar-refractivity contribution in [3.63, 3.8) is 0 Å². The summed E-state index contributed by atoms with van der Waals surface area (Å²) in [5.41, 5.74) is 0. The third kappa shape index (κ3) is 58.8. The molecule has 0 aliphatic heterocycles. The second-order valence-corrected chi connectivity index (χ2v) is 17.5. The molecule has 0 spiro atoms. The van der Waals surface area contributed by atoms with Gasteiger partial charge in [0.05, 0.1) is 6.61 Å². The quantitative estimate of drug-likeness (QED) is 0.0373. The minimum atomic E-state index is -0.835. The average Bonchev–Trinajstić information content (AvgIpc) is 3.40. The molecule has 0 saturated carbocycles. The number of unbranched alkanes of at least 4 members (excludes halogenated alkanes) is 4. The van der Waals surface area contributed by atoms with Crippen LogP contribution in [-0.2, 0) is 19.1 Å². The van der Waals surface area contributed by atoms with E-state index in [1.165, 1.54) is 0 Å². The van der Waals surface area contributed by atoms with Gasteiger partial charge < -0.3 is 14.6 Å². The van der Waals surface area contributed by atoms with Crippen LogP contribution in [0.4, 0.5) is 0 Å². The van der Waals surface area contributed by atoms with Crippen LogP contribution in [-0.4, -0.2) is 36.4 Å². The molecular formula is C69H100O5. The Kier molecular flexibility index (Phi) is 56.7. The molecule has 1 atom stereocenters. The third-order valence-electron chi connectivity index (χ3n) is 10.8. The summed E-state index contributed by atoms with van der Waals surface area (Å²) in [5, 5.41) is 9.64. The third-order valence-corrected chi connectivity index (χ3v) is 10.8. The molecular weight excluding hydrogens is 909 g/mol. The number of aliphatic hydroxyl groups excluding tert-OH is 1. The van der Waals surface area contributed by atoms with Crippen molar-refractivity contribution < 1.29 is 24.2 Å². The topological polar surface area (TPSA) is 72.8 Å². The van der Waals surface area contributed by atoms with Crippen molar-refractivity contribution in [1.29, 1.82) is 0 Å². The molecule has 0 bridgehead atoms. The van der Waals surface area contributed by atoms with Crippen LogP contribution in [0, 0.1) is 0 Å². The molecule has 5 heteroatoms. The van der Waals surface area contributed by atoms with Crippen molar-refractivity contribution in [2.24, 2.45) is 0 Å². The van der Waals surface area contributed by atoms with Crippen molar-refractivity contribution >= 4 is 11.9 Å². The minimum Gasteiger partial charge on any atom is -0.462 e. The summed E-state index contributed by atoms with van der Waals surface area (Å²) in [7, 11) is 0. The maximum atomic E-state index is 12.3. The summed E-state index contributed by atoms with van der Waals surface area (Å²) in [5.74, 6) is -0.722.